The van der Waals surface area contributed by atoms with Crippen molar-refractivity contribution in [2.75, 3.05) is 19.8 Å². The molecule has 1 aliphatic heterocycles. The number of nitrogens with zero attached hydrogens (tertiary/aromatic N) is 1. The molecular formula is C18H15NO6. The Morgan fingerprint density at radius 3 is 2.08 bits per heavy atom. The van der Waals surface area contributed by atoms with E-state index in [1.165, 1.54) is 12.1 Å². The predicted octanol–water partition coefficient (Wildman–Crippen LogP) is 1.84. The standard InChI is InChI=1S/C18H15NO6/c20-16(12-23-10-11-24-13-6-2-1-3-7-13)25-19-17(21)14-8-4-5-9-15(14)18(19)22/h1-9H,10-12H2. The van der Waals surface area contributed by atoms with Gasteiger partial charge in [-0.05, 0) is 24.3 Å². The molecule has 7 nitrogen and oxygen atoms in total. The third kappa shape index (κ3) is 3.84. The maximum atomic E-state index is 12.0. The van der Waals surface area contributed by atoms with Crippen molar-refractivity contribution < 1.29 is 28.7 Å². The minimum Gasteiger partial charge on any atom is -0.491 e. The van der Waals surface area contributed by atoms with Crippen LogP contribution in [-0.2, 0) is 14.4 Å². The monoisotopic (exact) mass is 341 g/mol. The van der Waals surface area contributed by atoms with Gasteiger partial charge in [-0.25, -0.2) is 4.79 Å². The highest BCUT2D eigenvalue weighted by atomic mass is 16.7. The van der Waals surface area contributed by atoms with Crippen molar-refractivity contribution >= 4 is 17.8 Å². The maximum Gasteiger partial charge on any atom is 0.358 e. The molecule has 0 fully saturated rings. The smallest absolute Gasteiger partial charge is 0.358 e. The molecule has 0 saturated heterocycles. The fourth-order valence-corrected chi connectivity index (χ4v) is 2.27. The first-order valence-corrected chi connectivity index (χ1v) is 7.61. The van der Waals surface area contributed by atoms with E-state index in [9.17, 15) is 14.4 Å². The van der Waals surface area contributed by atoms with Crippen LogP contribution in [0, 0.1) is 0 Å². The van der Waals surface area contributed by atoms with E-state index in [0.717, 1.165) is 0 Å². The van der Waals surface area contributed by atoms with Crippen molar-refractivity contribution in [1.82, 2.24) is 5.06 Å². The number of carbonyl (C=O) groups excluding carboxylic acids is 3. The first-order chi connectivity index (χ1) is 12.2. The summed E-state index contributed by atoms with van der Waals surface area (Å²) in [6, 6.07) is 15.4. The molecule has 0 radical (unpaired) electrons. The summed E-state index contributed by atoms with van der Waals surface area (Å²) in [4.78, 5) is 40.6. The zero-order valence-electron chi connectivity index (χ0n) is 13.2. The second-order valence-corrected chi connectivity index (χ2v) is 5.13. The minimum absolute atomic E-state index is 0.159. The summed E-state index contributed by atoms with van der Waals surface area (Å²) in [6.45, 7) is 0.0159. The van der Waals surface area contributed by atoms with Crippen LogP contribution in [0.1, 0.15) is 20.7 Å². The quantitative estimate of drug-likeness (QED) is 0.564. The van der Waals surface area contributed by atoms with Crippen LogP contribution in [0.2, 0.25) is 0 Å². The average molecular weight is 341 g/mol. The zero-order valence-corrected chi connectivity index (χ0v) is 13.2. The normalized spacial score (nSPS) is 12.9. The van der Waals surface area contributed by atoms with Crippen molar-refractivity contribution in [3.63, 3.8) is 0 Å². The molecule has 0 aromatic heterocycles. The first kappa shape index (κ1) is 16.7. The highest BCUT2D eigenvalue weighted by Crippen LogP contribution is 2.22. The topological polar surface area (TPSA) is 82.1 Å². The summed E-state index contributed by atoms with van der Waals surface area (Å²) in [7, 11) is 0. The Kier molecular flexibility index (Phi) is 5.06. The fraction of sp³-hybridized carbons (Fsp3) is 0.167. The average Bonchev–Trinajstić information content (AvgIpc) is 2.88. The van der Waals surface area contributed by atoms with Gasteiger partial charge in [0.25, 0.3) is 11.8 Å². The van der Waals surface area contributed by atoms with Gasteiger partial charge in [-0.3, -0.25) is 9.59 Å². The highest BCUT2D eigenvalue weighted by molar-refractivity contribution is 6.20. The van der Waals surface area contributed by atoms with Gasteiger partial charge >= 0.3 is 5.97 Å². The predicted molar refractivity (Wildman–Crippen MR) is 85.8 cm³/mol. The van der Waals surface area contributed by atoms with Crippen molar-refractivity contribution in [3.8, 4) is 5.75 Å². The summed E-state index contributed by atoms with van der Waals surface area (Å²) in [5, 5.41) is 0.455. The van der Waals surface area contributed by atoms with Gasteiger partial charge in [0.15, 0.2) is 0 Å². The molecule has 128 valence electrons. The number of benzene rings is 2. The van der Waals surface area contributed by atoms with Crippen molar-refractivity contribution in [2.24, 2.45) is 0 Å². The molecule has 2 amide bonds. The van der Waals surface area contributed by atoms with Crippen LogP contribution in [0.5, 0.6) is 5.75 Å². The summed E-state index contributed by atoms with van der Waals surface area (Å²) >= 11 is 0. The lowest BCUT2D eigenvalue weighted by molar-refractivity contribution is -0.173. The molecule has 7 heteroatoms. The van der Waals surface area contributed by atoms with E-state index in [1.54, 1.807) is 24.3 Å². The van der Waals surface area contributed by atoms with E-state index in [1.807, 2.05) is 18.2 Å². The van der Waals surface area contributed by atoms with E-state index in [4.69, 9.17) is 14.3 Å². The summed E-state index contributed by atoms with van der Waals surface area (Å²) < 4.78 is 10.5. The lowest BCUT2D eigenvalue weighted by Gasteiger charge is -2.12. The first-order valence-electron chi connectivity index (χ1n) is 7.61. The highest BCUT2D eigenvalue weighted by Gasteiger charge is 2.38. The van der Waals surface area contributed by atoms with Crippen LogP contribution in [0.15, 0.2) is 54.6 Å². The van der Waals surface area contributed by atoms with Crippen molar-refractivity contribution in [1.29, 1.82) is 0 Å². The maximum absolute atomic E-state index is 12.0. The Hall–Kier alpha value is -3.19. The van der Waals surface area contributed by atoms with E-state index < -0.39 is 24.4 Å². The molecule has 2 aromatic carbocycles. The van der Waals surface area contributed by atoms with Crippen molar-refractivity contribution in [2.45, 2.75) is 0 Å². The minimum atomic E-state index is -0.839. The third-order valence-corrected chi connectivity index (χ3v) is 3.41. The molecule has 2 aromatic rings. The van der Waals surface area contributed by atoms with Crippen LogP contribution in [0.3, 0.4) is 0 Å². The van der Waals surface area contributed by atoms with Crippen molar-refractivity contribution in [3.05, 3.63) is 65.7 Å². The summed E-state index contributed by atoms with van der Waals surface area (Å²) in [5.74, 6) is -1.48. The second-order valence-electron chi connectivity index (χ2n) is 5.13. The second kappa shape index (κ2) is 7.59. The van der Waals surface area contributed by atoms with Gasteiger partial charge in [0.2, 0.25) is 0 Å². The number of hydroxylamine groups is 2. The number of fused-ring (bicyclic) bond motifs is 1. The van der Waals surface area contributed by atoms with E-state index >= 15 is 0 Å². The SMILES string of the molecule is O=C(COCCOc1ccccc1)ON1C(=O)c2ccccc2C1=O. The van der Waals surface area contributed by atoms with Gasteiger partial charge in [-0.2, -0.15) is 0 Å². The van der Waals surface area contributed by atoms with Crippen LogP contribution in [0.25, 0.3) is 0 Å². The molecule has 1 heterocycles. The number of carbonyl (C=O) groups is 3. The number of hydrogen-bond donors (Lipinski definition) is 0. The van der Waals surface area contributed by atoms with Gasteiger partial charge in [0.05, 0.1) is 17.7 Å². The molecule has 0 bridgehead atoms. The number of hydrogen-bond acceptors (Lipinski definition) is 6. The molecule has 3 rings (SSSR count). The van der Waals surface area contributed by atoms with E-state index in [2.05, 4.69) is 0 Å². The zero-order chi connectivity index (χ0) is 17.6. The van der Waals surface area contributed by atoms with Gasteiger partial charge in [0, 0.05) is 0 Å². The Morgan fingerprint density at radius 1 is 0.840 bits per heavy atom. The molecule has 0 N–H and O–H groups in total. The third-order valence-electron chi connectivity index (χ3n) is 3.41. The van der Waals surface area contributed by atoms with Gasteiger partial charge < -0.3 is 14.3 Å². The Bertz CT molecular complexity index is 754. The van der Waals surface area contributed by atoms with Gasteiger partial charge in [-0.1, -0.05) is 35.4 Å². The molecule has 0 saturated carbocycles. The van der Waals surface area contributed by atoms with E-state index in [-0.39, 0.29) is 24.3 Å². The van der Waals surface area contributed by atoms with E-state index in [0.29, 0.717) is 10.8 Å². The molecule has 0 aliphatic carbocycles. The molecule has 1 aliphatic rings. The van der Waals surface area contributed by atoms with Crippen LogP contribution >= 0.6 is 0 Å². The molecular weight excluding hydrogens is 326 g/mol. The largest absolute Gasteiger partial charge is 0.491 e. The lowest BCUT2D eigenvalue weighted by Crippen LogP contribution is -2.34. The Balaban J connectivity index is 1.41. The fourth-order valence-electron chi connectivity index (χ4n) is 2.27. The van der Waals surface area contributed by atoms with Crippen LogP contribution in [-0.4, -0.2) is 42.7 Å². The van der Waals surface area contributed by atoms with Gasteiger partial charge in [0.1, 0.15) is 19.0 Å². The number of imide groups is 1. The number of ether oxygens (including phenoxy) is 2. The Morgan fingerprint density at radius 2 is 1.44 bits per heavy atom. The van der Waals surface area contributed by atoms with Crippen LogP contribution < -0.4 is 4.74 Å². The Labute approximate surface area is 143 Å². The number of para-hydroxylation sites is 1. The van der Waals surface area contributed by atoms with Crippen LogP contribution in [0.4, 0.5) is 0 Å². The number of rotatable bonds is 7. The summed E-state index contributed by atoms with van der Waals surface area (Å²) in [6.07, 6.45) is 0. The van der Waals surface area contributed by atoms with Gasteiger partial charge in [-0.15, -0.1) is 0 Å². The molecule has 25 heavy (non-hydrogen) atoms. The molecule has 0 unspecified atom stereocenters. The molecule has 0 spiro atoms. The number of amides is 2. The molecule has 0 atom stereocenters. The lowest BCUT2D eigenvalue weighted by atomic mass is 10.1. The summed E-state index contributed by atoms with van der Waals surface area (Å²) in [5.41, 5.74) is 0.412.